The van der Waals surface area contributed by atoms with E-state index in [0.29, 0.717) is 5.04 Å². The normalized spacial score (nSPS) is 29.0. The molecule has 0 saturated carbocycles. The van der Waals surface area contributed by atoms with Crippen molar-refractivity contribution in [2.24, 2.45) is 0 Å². The first kappa shape index (κ1) is 12.4. The lowest BCUT2D eigenvalue weighted by atomic mass is 9.93. The van der Waals surface area contributed by atoms with Crippen LogP contribution in [-0.4, -0.2) is 8.07 Å². The van der Waals surface area contributed by atoms with Crippen LogP contribution in [0.5, 0.6) is 0 Å². The van der Waals surface area contributed by atoms with Crippen LogP contribution in [0.3, 0.4) is 0 Å². The lowest BCUT2D eigenvalue weighted by molar-refractivity contribution is 0.504. The standard InChI is InChI=1S/C14H21BrSi/c1-14(10-4-5-11-16(14,2)3)12-6-8-13(15)9-7-12/h6-9H,4-5,10-11H2,1-3H3. The minimum absolute atomic E-state index is 0.478. The highest BCUT2D eigenvalue weighted by molar-refractivity contribution is 9.10. The molecule has 1 aromatic carbocycles. The predicted octanol–water partition coefficient (Wildman–Crippen LogP) is 5.14. The van der Waals surface area contributed by atoms with Crippen molar-refractivity contribution in [1.29, 1.82) is 0 Å². The van der Waals surface area contributed by atoms with E-state index in [-0.39, 0.29) is 0 Å². The highest BCUT2D eigenvalue weighted by Gasteiger charge is 2.45. The van der Waals surface area contributed by atoms with Gasteiger partial charge in [0.15, 0.2) is 0 Å². The molecule has 1 heterocycles. The highest BCUT2D eigenvalue weighted by Crippen LogP contribution is 2.45. The maximum absolute atomic E-state index is 3.53. The third kappa shape index (κ3) is 2.02. The van der Waals surface area contributed by atoms with Crippen molar-refractivity contribution in [3.05, 3.63) is 34.3 Å². The molecule has 2 heteroatoms. The molecule has 1 unspecified atom stereocenters. The van der Waals surface area contributed by atoms with Gasteiger partial charge in [-0.1, -0.05) is 67.0 Å². The molecule has 1 atom stereocenters. The molecule has 0 spiro atoms. The van der Waals surface area contributed by atoms with Gasteiger partial charge in [-0.15, -0.1) is 0 Å². The Labute approximate surface area is 109 Å². The van der Waals surface area contributed by atoms with Crippen LogP contribution in [0.2, 0.25) is 19.1 Å². The van der Waals surface area contributed by atoms with Gasteiger partial charge in [0.05, 0.1) is 8.07 Å². The minimum Gasteiger partial charge on any atom is -0.0687 e. The van der Waals surface area contributed by atoms with Crippen LogP contribution in [0.1, 0.15) is 31.7 Å². The summed E-state index contributed by atoms with van der Waals surface area (Å²) in [4.78, 5) is 0. The summed E-state index contributed by atoms with van der Waals surface area (Å²) in [5, 5.41) is 0.478. The summed E-state index contributed by atoms with van der Waals surface area (Å²) in [7, 11) is -1.12. The number of rotatable bonds is 1. The fourth-order valence-electron chi connectivity index (χ4n) is 3.01. The number of benzene rings is 1. The van der Waals surface area contributed by atoms with Crippen molar-refractivity contribution in [1.82, 2.24) is 0 Å². The zero-order valence-electron chi connectivity index (χ0n) is 10.5. The third-order valence-corrected chi connectivity index (χ3v) is 10.4. The maximum Gasteiger partial charge on any atom is 0.0584 e. The van der Waals surface area contributed by atoms with Gasteiger partial charge in [0.2, 0.25) is 0 Å². The summed E-state index contributed by atoms with van der Waals surface area (Å²) >= 11 is 3.53. The van der Waals surface area contributed by atoms with Gasteiger partial charge in [-0.05, 0) is 29.2 Å². The van der Waals surface area contributed by atoms with E-state index in [1.807, 2.05) is 0 Å². The zero-order valence-corrected chi connectivity index (χ0v) is 13.1. The van der Waals surface area contributed by atoms with Crippen LogP contribution >= 0.6 is 15.9 Å². The quantitative estimate of drug-likeness (QED) is 0.630. The Morgan fingerprint density at radius 2 is 1.75 bits per heavy atom. The van der Waals surface area contributed by atoms with Crippen LogP contribution in [0.4, 0.5) is 0 Å². The Balaban J connectivity index is 2.39. The monoisotopic (exact) mass is 296 g/mol. The Morgan fingerprint density at radius 1 is 1.12 bits per heavy atom. The van der Waals surface area contributed by atoms with E-state index in [1.54, 1.807) is 5.56 Å². The second-order valence-electron chi connectivity index (χ2n) is 5.93. The SMILES string of the molecule is CC1(c2ccc(Br)cc2)CCCC[Si]1(C)C. The fraction of sp³-hybridized carbons (Fsp3) is 0.571. The van der Waals surface area contributed by atoms with Crippen LogP contribution in [-0.2, 0) is 5.04 Å². The zero-order chi connectivity index (χ0) is 11.8. The average molecular weight is 297 g/mol. The summed E-state index contributed by atoms with van der Waals surface area (Å²) in [5.74, 6) is 0. The summed E-state index contributed by atoms with van der Waals surface area (Å²) < 4.78 is 1.19. The minimum atomic E-state index is -1.12. The number of hydrogen-bond donors (Lipinski definition) is 0. The number of hydrogen-bond acceptors (Lipinski definition) is 0. The molecule has 1 aliphatic heterocycles. The highest BCUT2D eigenvalue weighted by atomic mass is 79.9. The lowest BCUT2D eigenvalue weighted by Gasteiger charge is -2.47. The van der Waals surface area contributed by atoms with Crippen molar-refractivity contribution >= 4 is 24.0 Å². The van der Waals surface area contributed by atoms with Crippen molar-refractivity contribution in [2.75, 3.05) is 0 Å². The van der Waals surface area contributed by atoms with Crippen LogP contribution in [0, 0.1) is 0 Å². The molecule has 0 N–H and O–H groups in total. The lowest BCUT2D eigenvalue weighted by Crippen LogP contribution is -2.51. The topological polar surface area (TPSA) is 0 Å². The first-order valence-electron chi connectivity index (χ1n) is 6.22. The van der Waals surface area contributed by atoms with Gasteiger partial charge in [0.25, 0.3) is 0 Å². The van der Waals surface area contributed by atoms with Gasteiger partial charge in [-0.25, -0.2) is 0 Å². The summed E-state index contributed by atoms with van der Waals surface area (Å²) in [6.07, 6.45) is 4.24. The molecule has 1 aliphatic rings. The fourth-order valence-corrected chi connectivity index (χ4v) is 6.76. The third-order valence-electron chi connectivity index (χ3n) is 4.70. The van der Waals surface area contributed by atoms with E-state index in [9.17, 15) is 0 Å². The van der Waals surface area contributed by atoms with E-state index in [4.69, 9.17) is 0 Å². The molecule has 88 valence electrons. The largest absolute Gasteiger partial charge is 0.0687 e. The molecule has 0 aromatic heterocycles. The Hall–Kier alpha value is -0.0831. The molecule has 1 aromatic rings. The van der Waals surface area contributed by atoms with E-state index in [0.717, 1.165) is 0 Å². The number of halogens is 1. The van der Waals surface area contributed by atoms with E-state index in [1.165, 1.54) is 29.8 Å². The molecule has 0 radical (unpaired) electrons. The molecule has 2 rings (SSSR count). The maximum atomic E-state index is 3.53. The van der Waals surface area contributed by atoms with Gasteiger partial charge in [0.1, 0.15) is 0 Å². The second kappa shape index (κ2) is 4.30. The molecule has 16 heavy (non-hydrogen) atoms. The smallest absolute Gasteiger partial charge is 0.0584 e. The van der Waals surface area contributed by atoms with Gasteiger partial charge >= 0.3 is 0 Å². The Bertz CT molecular complexity index is 369. The van der Waals surface area contributed by atoms with Crippen LogP contribution < -0.4 is 0 Å². The van der Waals surface area contributed by atoms with E-state index >= 15 is 0 Å². The van der Waals surface area contributed by atoms with Gasteiger partial charge < -0.3 is 0 Å². The van der Waals surface area contributed by atoms with Crippen molar-refractivity contribution in [3.8, 4) is 0 Å². The first-order valence-corrected chi connectivity index (χ1v) is 10.2. The van der Waals surface area contributed by atoms with E-state index < -0.39 is 8.07 Å². The summed E-state index contributed by atoms with van der Waals surface area (Å²) in [6.45, 7) is 7.63. The van der Waals surface area contributed by atoms with Crippen molar-refractivity contribution in [2.45, 2.75) is 50.4 Å². The summed E-state index contributed by atoms with van der Waals surface area (Å²) in [5.41, 5.74) is 1.56. The van der Waals surface area contributed by atoms with Crippen LogP contribution in [0.15, 0.2) is 28.7 Å². The summed E-state index contributed by atoms with van der Waals surface area (Å²) in [6, 6.07) is 10.5. The molecule has 0 amide bonds. The molecular weight excluding hydrogens is 276 g/mol. The van der Waals surface area contributed by atoms with Crippen molar-refractivity contribution in [3.63, 3.8) is 0 Å². The first-order chi connectivity index (χ1) is 7.46. The van der Waals surface area contributed by atoms with Gasteiger partial charge in [0, 0.05) is 4.47 Å². The molecular formula is C14H21BrSi. The Morgan fingerprint density at radius 3 is 2.31 bits per heavy atom. The van der Waals surface area contributed by atoms with Crippen LogP contribution in [0.25, 0.3) is 0 Å². The predicted molar refractivity (Wildman–Crippen MR) is 77.6 cm³/mol. The molecule has 0 bridgehead atoms. The molecule has 1 saturated heterocycles. The molecule has 1 fully saturated rings. The second-order valence-corrected chi connectivity index (χ2v) is 12.2. The Kier molecular flexibility index (Phi) is 3.33. The average Bonchev–Trinajstić information content (AvgIpc) is 2.23. The van der Waals surface area contributed by atoms with Gasteiger partial charge in [-0.2, -0.15) is 0 Å². The molecule has 0 aliphatic carbocycles. The van der Waals surface area contributed by atoms with Crippen molar-refractivity contribution < 1.29 is 0 Å². The van der Waals surface area contributed by atoms with Gasteiger partial charge in [-0.3, -0.25) is 0 Å². The molecule has 0 nitrogen and oxygen atoms in total. The van der Waals surface area contributed by atoms with E-state index in [2.05, 4.69) is 60.2 Å².